The van der Waals surface area contributed by atoms with Crippen molar-refractivity contribution >= 4 is 17.5 Å². The molecule has 0 aliphatic carbocycles. The summed E-state index contributed by atoms with van der Waals surface area (Å²) in [5.41, 5.74) is 6.85. The average Bonchev–Trinajstić information content (AvgIpc) is 2.79. The molecule has 1 aliphatic rings. The Hall–Kier alpha value is -1.10. The zero-order chi connectivity index (χ0) is 11.4. The predicted octanol–water partition coefficient (Wildman–Crippen LogP) is 0.823. The SMILES string of the molecule is O=C(NCc1cccc(Cl)c1)C1CCNN1. The lowest BCUT2D eigenvalue weighted by Gasteiger charge is -2.10. The number of carbonyl (C=O) groups excluding carboxylic acids is 1. The Morgan fingerprint density at radius 3 is 3.12 bits per heavy atom. The number of amides is 1. The van der Waals surface area contributed by atoms with E-state index in [9.17, 15) is 4.79 Å². The van der Waals surface area contributed by atoms with Crippen molar-refractivity contribution in [3.05, 3.63) is 34.9 Å². The standard InChI is InChI=1S/C11H14ClN3O/c12-9-3-1-2-8(6-9)7-13-11(16)10-4-5-14-15-10/h1-3,6,10,14-15H,4-5,7H2,(H,13,16). The van der Waals surface area contributed by atoms with E-state index in [4.69, 9.17) is 11.6 Å². The maximum atomic E-state index is 11.7. The normalized spacial score (nSPS) is 19.7. The van der Waals surface area contributed by atoms with Gasteiger partial charge in [-0.2, -0.15) is 0 Å². The highest BCUT2D eigenvalue weighted by Gasteiger charge is 2.21. The van der Waals surface area contributed by atoms with Crippen molar-refractivity contribution in [2.24, 2.45) is 0 Å². The molecule has 1 amide bonds. The quantitative estimate of drug-likeness (QED) is 0.732. The van der Waals surface area contributed by atoms with Crippen LogP contribution in [0.2, 0.25) is 5.02 Å². The van der Waals surface area contributed by atoms with E-state index in [0.29, 0.717) is 11.6 Å². The van der Waals surface area contributed by atoms with E-state index in [1.165, 1.54) is 0 Å². The van der Waals surface area contributed by atoms with Crippen molar-refractivity contribution in [1.29, 1.82) is 0 Å². The second-order valence-electron chi connectivity index (χ2n) is 3.76. The second kappa shape index (κ2) is 5.30. The van der Waals surface area contributed by atoms with E-state index in [2.05, 4.69) is 16.2 Å². The van der Waals surface area contributed by atoms with Crippen LogP contribution in [0.15, 0.2) is 24.3 Å². The third kappa shape index (κ3) is 2.95. The molecule has 86 valence electrons. The van der Waals surface area contributed by atoms with E-state index >= 15 is 0 Å². The van der Waals surface area contributed by atoms with Gasteiger partial charge in [-0.15, -0.1) is 0 Å². The maximum Gasteiger partial charge on any atom is 0.238 e. The fraction of sp³-hybridized carbons (Fsp3) is 0.364. The molecule has 1 unspecified atom stereocenters. The first-order chi connectivity index (χ1) is 7.75. The van der Waals surface area contributed by atoms with Gasteiger partial charge < -0.3 is 5.32 Å². The Labute approximate surface area is 99.3 Å². The summed E-state index contributed by atoms with van der Waals surface area (Å²) in [4.78, 5) is 11.7. The van der Waals surface area contributed by atoms with E-state index < -0.39 is 0 Å². The average molecular weight is 240 g/mol. The first-order valence-electron chi connectivity index (χ1n) is 5.26. The summed E-state index contributed by atoms with van der Waals surface area (Å²) in [5.74, 6) is 0.0185. The third-order valence-electron chi connectivity index (χ3n) is 2.51. The second-order valence-corrected chi connectivity index (χ2v) is 4.20. The summed E-state index contributed by atoms with van der Waals surface area (Å²) < 4.78 is 0. The van der Waals surface area contributed by atoms with Crippen LogP contribution in [0.4, 0.5) is 0 Å². The monoisotopic (exact) mass is 239 g/mol. The highest BCUT2D eigenvalue weighted by atomic mass is 35.5. The van der Waals surface area contributed by atoms with E-state index in [1.807, 2.05) is 24.3 Å². The zero-order valence-corrected chi connectivity index (χ0v) is 9.55. The van der Waals surface area contributed by atoms with Crippen molar-refractivity contribution < 1.29 is 4.79 Å². The van der Waals surface area contributed by atoms with Crippen LogP contribution in [-0.2, 0) is 11.3 Å². The molecule has 4 nitrogen and oxygen atoms in total. The molecular formula is C11H14ClN3O. The van der Waals surface area contributed by atoms with Crippen LogP contribution in [0, 0.1) is 0 Å². The minimum absolute atomic E-state index is 0.0185. The first-order valence-corrected chi connectivity index (χ1v) is 5.64. The smallest absolute Gasteiger partial charge is 0.238 e. The van der Waals surface area contributed by atoms with Crippen molar-refractivity contribution in [3.63, 3.8) is 0 Å². The lowest BCUT2D eigenvalue weighted by atomic mass is 10.2. The van der Waals surface area contributed by atoms with E-state index in [-0.39, 0.29) is 11.9 Å². The summed E-state index contributed by atoms with van der Waals surface area (Å²) >= 11 is 5.85. The fourth-order valence-electron chi connectivity index (χ4n) is 1.64. The summed E-state index contributed by atoms with van der Waals surface area (Å²) in [6, 6.07) is 7.35. The summed E-state index contributed by atoms with van der Waals surface area (Å²) in [7, 11) is 0. The summed E-state index contributed by atoms with van der Waals surface area (Å²) in [6.07, 6.45) is 0.821. The molecular weight excluding hydrogens is 226 g/mol. The molecule has 1 saturated heterocycles. The Morgan fingerprint density at radius 2 is 2.44 bits per heavy atom. The van der Waals surface area contributed by atoms with Crippen molar-refractivity contribution in [1.82, 2.24) is 16.2 Å². The van der Waals surface area contributed by atoms with Crippen LogP contribution in [0.3, 0.4) is 0 Å². The molecule has 0 aromatic heterocycles. The van der Waals surface area contributed by atoms with Gasteiger partial charge in [-0.3, -0.25) is 10.2 Å². The van der Waals surface area contributed by atoms with Crippen LogP contribution in [-0.4, -0.2) is 18.5 Å². The Bertz CT molecular complexity index is 377. The van der Waals surface area contributed by atoms with Crippen molar-refractivity contribution in [2.75, 3.05) is 6.54 Å². The number of hydrazine groups is 1. The number of hydrogen-bond donors (Lipinski definition) is 3. The number of nitrogens with one attached hydrogen (secondary N) is 3. The molecule has 0 spiro atoms. The molecule has 0 saturated carbocycles. The molecule has 1 aromatic rings. The van der Waals surface area contributed by atoms with Gasteiger partial charge in [0, 0.05) is 18.1 Å². The van der Waals surface area contributed by atoms with Crippen LogP contribution >= 0.6 is 11.6 Å². The summed E-state index contributed by atoms with van der Waals surface area (Å²) in [6.45, 7) is 1.34. The molecule has 3 N–H and O–H groups in total. The third-order valence-corrected chi connectivity index (χ3v) is 2.74. The lowest BCUT2D eigenvalue weighted by molar-refractivity contribution is -0.123. The Balaban J connectivity index is 1.84. The molecule has 1 atom stereocenters. The van der Waals surface area contributed by atoms with Crippen LogP contribution in [0.1, 0.15) is 12.0 Å². The molecule has 1 aromatic carbocycles. The van der Waals surface area contributed by atoms with Gasteiger partial charge in [0.1, 0.15) is 6.04 Å². The van der Waals surface area contributed by atoms with Gasteiger partial charge in [0.05, 0.1) is 0 Å². The van der Waals surface area contributed by atoms with Crippen molar-refractivity contribution in [2.45, 2.75) is 19.0 Å². The molecule has 0 bridgehead atoms. The molecule has 2 rings (SSSR count). The minimum atomic E-state index is -0.126. The topological polar surface area (TPSA) is 53.2 Å². The molecule has 1 heterocycles. The zero-order valence-electron chi connectivity index (χ0n) is 8.79. The Kier molecular flexibility index (Phi) is 3.77. The van der Waals surface area contributed by atoms with Gasteiger partial charge in [-0.25, -0.2) is 5.43 Å². The largest absolute Gasteiger partial charge is 0.351 e. The molecule has 5 heteroatoms. The lowest BCUT2D eigenvalue weighted by Crippen LogP contribution is -2.42. The summed E-state index contributed by atoms with van der Waals surface area (Å²) in [5, 5.41) is 3.56. The van der Waals surface area contributed by atoms with Gasteiger partial charge in [-0.05, 0) is 24.1 Å². The number of carbonyl (C=O) groups is 1. The predicted molar refractivity (Wildman–Crippen MR) is 62.8 cm³/mol. The number of hydrogen-bond acceptors (Lipinski definition) is 3. The number of benzene rings is 1. The number of halogens is 1. The minimum Gasteiger partial charge on any atom is -0.351 e. The van der Waals surface area contributed by atoms with Crippen LogP contribution in [0.25, 0.3) is 0 Å². The van der Waals surface area contributed by atoms with Gasteiger partial charge in [-0.1, -0.05) is 23.7 Å². The Morgan fingerprint density at radius 1 is 1.56 bits per heavy atom. The highest BCUT2D eigenvalue weighted by Crippen LogP contribution is 2.10. The molecule has 1 fully saturated rings. The number of rotatable bonds is 3. The molecule has 16 heavy (non-hydrogen) atoms. The van der Waals surface area contributed by atoms with Gasteiger partial charge in [0.25, 0.3) is 0 Å². The van der Waals surface area contributed by atoms with Gasteiger partial charge in [0.15, 0.2) is 0 Å². The molecule has 0 radical (unpaired) electrons. The van der Waals surface area contributed by atoms with E-state index in [1.54, 1.807) is 0 Å². The first kappa shape index (κ1) is 11.4. The van der Waals surface area contributed by atoms with Crippen molar-refractivity contribution in [3.8, 4) is 0 Å². The van der Waals surface area contributed by atoms with Gasteiger partial charge >= 0.3 is 0 Å². The molecule has 1 aliphatic heterocycles. The van der Waals surface area contributed by atoms with E-state index in [0.717, 1.165) is 18.5 Å². The van der Waals surface area contributed by atoms with Crippen LogP contribution in [0.5, 0.6) is 0 Å². The van der Waals surface area contributed by atoms with Gasteiger partial charge in [0.2, 0.25) is 5.91 Å². The fourth-order valence-corrected chi connectivity index (χ4v) is 1.85. The maximum absolute atomic E-state index is 11.7. The van der Waals surface area contributed by atoms with Crippen LogP contribution < -0.4 is 16.2 Å². The highest BCUT2D eigenvalue weighted by molar-refractivity contribution is 6.30.